The van der Waals surface area contributed by atoms with Crippen molar-refractivity contribution in [2.45, 2.75) is 39.2 Å². The Labute approximate surface area is 131 Å². The van der Waals surface area contributed by atoms with Crippen molar-refractivity contribution < 1.29 is 14.7 Å². The van der Waals surface area contributed by atoms with Crippen LogP contribution in [0, 0.1) is 5.92 Å². The molecule has 1 fully saturated rings. The summed E-state index contributed by atoms with van der Waals surface area (Å²) in [5.74, 6) is 0.158. The van der Waals surface area contributed by atoms with Gasteiger partial charge in [0.15, 0.2) is 0 Å². The molecule has 1 aromatic rings. The molecule has 0 aliphatic carbocycles. The SMILES string of the molecule is CC(C)(C)OC(=O)N1CCC(C(=NO)c2ccccc2)CC1. The maximum atomic E-state index is 12.1. The second-order valence-electron chi connectivity index (χ2n) is 6.59. The van der Waals surface area contributed by atoms with Crippen molar-refractivity contribution in [3.63, 3.8) is 0 Å². The van der Waals surface area contributed by atoms with Gasteiger partial charge in [0.25, 0.3) is 0 Å². The van der Waals surface area contributed by atoms with Gasteiger partial charge in [-0.3, -0.25) is 0 Å². The summed E-state index contributed by atoms with van der Waals surface area (Å²) in [5.41, 5.74) is 1.15. The molecule has 5 nitrogen and oxygen atoms in total. The van der Waals surface area contributed by atoms with Crippen molar-refractivity contribution in [3.8, 4) is 0 Å². The minimum atomic E-state index is -0.477. The average molecular weight is 304 g/mol. The van der Waals surface area contributed by atoms with E-state index in [0.29, 0.717) is 18.8 Å². The molecule has 0 aromatic heterocycles. The van der Waals surface area contributed by atoms with Crippen LogP contribution in [0.2, 0.25) is 0 Å². The molecule has 5 heteroatoms. The Morgan fingerprint density at radius 3 is 2.32 bits per heavy atom. The number of likely N-dealkylation sites (tertiary alicyclic amines) is 1. The summed E-state index contributed by atoms with van der Waals surface area (Å²) in [4.78, 5) is 13.8. The molecule has 22 heavy (non-hydrogen) atoms. The second-order valence-corrected chi connectivity index (χ2v) is 6.59. The van der Waals surface area contributed by atoms with E-state index in [-0.39, 0.29) is 12.0 Å². The summed E-state index contributed by atoms with van der Waals surface area (Å²) < 4.78 is 5.39. The van der Waals surface area contributed by atoms with Gasteiger partial charge in [0, 0.05) is 19.0 Å². The number of piperidine rings is 1. The molecule has 0 bridgehead atoms. The van der Waals surface area contributed by atoms with Crippen LogP contribution in [0.4, 0.5) is 4.79 Å². The topological polar surface area (TPSA) is 62.1 Å². The van der Waals surface area contributed by atoms with Crippen LogP contribution < -0.4 is 0 Å². The number of rotatable bonds is 2. The van der Waals surface area contributed by atoms with E-state index in [4.69, 9.17) is 4.74 Å². The highest BCUT2D eigenvalue weighted by Gasteiger charge is 2.29. The van der Waals surface area contributed by atoms with Gasteiger partial charge in [-0.25, -0.2) is 4.79 Å². The highest BCUT2D eigenvalue weighted by Crippen LogP contribution is 2.23. The lowest BCUT2D eigenvalue weighted by molar-refractivity contribution is 0.0201. The van der Waals surface area contributed by atoms with Crippen LogP contribution >= 0.6 is 0 Å². The van der Waals surface area contributed by atoms with Gasteiger partial charge in [0.2, 0.25) is 0 Å². The Balaban J connectivity index is 1.96. The van der Waals surface area contributed by atoms with Gasteiger partial charge >= 0.3 is 6.09 Å². The van der Waals surface area contributed by atoms with Crippen LogP contribution in [0.5, 0.6) is 0 Å². The second kappa shape index (κ2) is 6.81. The molecule has 0 atom stereocenters. The van der Waals surface area contributed by atoms with E-state index in [1.165, 1.54) is 0 Å². The number of oxime groups is 1. The smallest absolute Gasteiger partial charge is 0.410 e. The fraction of sp³-hybridized carbons (Fsp3) is 0.529. The molecule has 0 unspecified atom stereocenters. The molecule has 1 N–H and O–H groups in total. The van der Waals surface area contributed by atoms with Crippen LogP contribution in [0.3, 0.4) is 0 Å². The van der Waals surface area contributed by atoms with Gasteiger partial charge in [0.1, 0.15) is 5.60 Å². The first-order valence-corrected chi connectivity index (χ1v) is 7.66. The first-order valence-electron chi connectivity index (χ1n) is 7.66. The average Bonchev–Trinajstić information content (AvgIpc) is 2.48. The van der Waals surface area contributed by atoms with E-state index in [2.05, 4.69) is 5.16 Å². The Morgan fingerprint density at radius 1 is 1.23 bits per heavy atom. The quantitative estimate of drug-likeness (QED) is 0.516. The number of carbonyl (C=O) groups is 1. The lowest BCUT2D eigenvalue weighted by Gasteiger charge is -2.33. The predicted molar refractivity (Wildman–Crippen MR) is 85.3 cm³/mol. The fourth-order valence-electron chi connectivity index (χ4n) is 2.65. The first-order chi connectivity index (χ1) is 10.4. The Kier molecular flexibility index (Phi) is 5.06. The standard InChI is InChI=1S/C17H24N2O3/c1-17(2,3)22-16(20)19-11-9-14(10-12-19)15(18-21)13-7-5-4-6-8-13/h4-8,14,21H,9-12H2,1-3H3. The first kappa shape index (κ1) is 16.3. The van der Waals surface area contributed by atoms with Gasteiger partial charge in [-0.2, -0.15) is 0 Å². The molecular weight excluding hydrogens is 280 g/mol. The van der Waals surface area contributed by atoms with Crippen molar-refractivity contribution in [3.05, 3.63) is 35.9 Å². The van der Waals surface area contributed by atoms with Crippen molar-refractivity contribution in [2.24, 2.45) is 11.1 Å². The molecule has 1 heterocycles. The van der Waals surface area contributed by atoms with Gasteiger partial charge in [-0.1, -0.05) is 35.5 Å². The molecule has 0 spiro atoms. The van der Waals surface area contributed by atoms with E-state index >= 15 is 0 Å². The molecule has 1 aliphatic heterocycles. The lowest BCUT2D eigenvalue weighted by atomic mass is 9.88. The number of nitrogens with zero attached hydrogens (tertiary/aromatic N) is 2. The van der Waals surface area contributed by atoms with E-state index in [1.807, 2.05) is 51.1 Å². The Morgan fingerprint density at radius 2 is 1.82 bits per heavy atom. The van der Waals surface area contributed by atoms with Crippen LogP contribution in [0.15, 0.2) is 35.5 Å². The van der Waals surface area contributed by atoms with Crippen LogP contribution in [-0.2, 0) is 4.74 Å². The van der Waals surface area contributed by atoms with E-state index in [0.717, 1.165) is 18.4 Å². The summed E-state index contributed by atoms with van der Waals surface area (Å²) in [7, 11) is 0. The lowest BCUT2D eigenvalue weighted by Crippen LogP contribution is -2.43. The molecule has 1 aliphatic rings. The third-order valence-electron chi connectivity index (χ3n) is 3.71. The predicted octanol–water partition coefficient (Wildman–Crippen LogP) is 3.51. The molecule has 1 aromatic carbocycles. The number of hydrogen-bond acceptors (Lipinski definition) is 4. The molecule has 120 valence electrons. The van der Waals surface area contributed by atoms with Gasteiger partial charge in [0.05, 0.1) is 5.71 Å². The molecular formula is C17H24N2O3. The number of carbonyl (C=O) groups excluding carboxylic acids is 1. The largest absolute Gasteiger partial charge is 0.444 e. The minimum Gasteiger partial charge on any atom is -0.444 e. The zero-order valence-electron chi connectivity index (χ0n) is 13.5. The molecule has 1 amide bonds. The van der Waals surface area contributed by atoms with Crippen LogP contribution in [0.25, 0.3) is 0 Å². The molecule has 0 saturated carbocycles. The Hall–Kier alpha value is -2.04. The van der Waals surface area contributed by atoms with Gasteiger partial charge in [-0.15, -0.1) is 0 Å². The zero-order valence-corrected chi connectivity index (χ0v) is 13.5. The normalized spacial score (nSPS) is 17.4. The number of amides is 1. The summed E-state index contributed by atoms with van der Waals surface area (Å²) in [5, 5.41) is 12.8. The van der Waals surface area contributed by atoms with Crippen LogP contribution in [-0.4, -0.2) is 40.6 Å². The number of hydrogen-bond donors (Lipinski definition) is 1. The van der Waals surface area contributed by atoms with E-state index < -0.39 is 5.60 Å². The zero-order chi connectivity index (χ0) is 16.2. The maximum absolute atomic E-state index is 12.1. The maximum Gasteiger partial charge on any atom is 0.410 e. The molecule has 0 radical (unpaired) electrons. The van der Waals surface area contributed by atoms with Crippen molar-refractivity contribution in [2.75, 3.05) is 13.1 Å². The summed E-state index contributed by atoms with van der Waals surface area (Å²) in [6.07, 6.45) is 1.27. The monoisotopic (exact) mass is 304 g/mol. The molecule has 2 rings (SSSR count). The summed E-state index contributed by atoms with van der Waals surface area (Å²) in [6.45, 7) is 6.83. The highest BCUT2D eigenvalue weighted by molar-refractivity contribution is 6.01. The fourth-order valence-corrected chi connectivity index (χ4v) is 2.65. The van der Waals surface area contributed by atoms with Gasteiger partial charge < -0.3 is 14.8 Å². The van der Waals surface area contributed by atoms with Crippen molar-refractivity contribution in [1.82, 2.24) is 4.90 Å². The van der Waals surface area contributed by atoms with Crippen molar-refractivity contribution in [1.29, 1.82) is 0 Å². The van der Waals surface area contributed by atoms with Crippen LogP contribution in [0.1, 0.15) is 39.2 Å². The van der Waals surface area contributed by atoms with Gasteiger partial charge in [-0.05, 0) is 39.2 Å². The summed E-state index contributed by atoms with van der Waals surface area (Å²) in [6, 6.07) is 9.67. The third kappa shape index (κ3) is 4.23. The third-order valence-corrected chi connectivity index (χ3v) is 3.71. The summed E-state index contributed by atoms with van der Waals surface area (Å²) >= 11 is 0. The van der Waals surface area contributed by atoms with E-state index in [9.17, 15) is 10.0 Å². The van der Waals surface area contributed by atoms with Crippen molar-refractivity contribution >= 4 is 11.8 Å². The highest BCUT2D eigenvalue weighted by atomic mass is 16.6. The number of benzene rings is 1. The minimum absolute atomic E-state index is 0.158. The number of ether oxygens (including phenoxy) is 1. The molecule has 1 saturated heterocycles. The van der Waals surface area contributed by atoms with E-state index in [1.54, 1.807) is 4.90 Å². The Bertz CT molecular complexity index is 527.